The topological polar surface area (TPSA) is 75.3 Å². The molecule has 0 saturated heterocycles. The van der Waals surface area contributed by atoms with Crippen molar-refractivity contribution in [1.29, 1.82) is 0 Å². The van der Waals surface area contributed by atoms with E-state index in [0.717, 1.165) is 15.2 Å². The van der Waals surface area contributed by atoms with Crippen molar-refractivity contribution in [3.05, 3.63) is 71.2 Å². The van der Waals surface area contributed by atoms with Crippen LogP contribution in [0, 0.1) is 0 Å². The summed E-state index contributed by atoms with van der Waals surface area (Å²) in [5.74, 6) is -0.429. The Morgan fingerprint density at radius 1 is 0.962 bits per heavy atom. The zero-order valence-corrected chi connectivity index (χ0v) is 16.3. The van der Waals surface area contributed by atoms with Crippen LogP contribution in [0.3, 0.4) is 0 Å². The molecule has 3 aromatic rings. The van der Waals surface area contributed by atoms with Crippen LogP contribution in [0.25, 0.3) is 10.8 Å². The molecule has 0 aliphatic carbocycles. The van der Waals surface area contributed by atoms with Crippen molar-refractivity contribution in [2.24, 2.45) is 0 Å². The number of carbonyl (C=O) groups is 1. The van der Waals surface area contributed by atoms with E-state index >= 15 is 0 Å². The first-order valence-corrected chi connectivity index (χ1v) is 10.2. The molecule has 1 unspecified atom stereocenters. The van der Waals surface area contributed by atoms with Gasteiger partial charge < -0.3 is 5.32 Å². The van der Waals surface area contributed by atoms with Crippen molar-refractivity contribution in [3.63, 3.8) is 0 Å². The average molecular weight is 433 g/mol. The number of halogens is 1. The van der Waals surface area contributed by atoms with Crippen LogP contribution in [0.1, 0.15) is 6.92 Å². The molecule has 0 fully saturated rings. The van der Waals surface area contributed by atoms with E-state index in [2.05, 4.69) is 26.0 Å². The summed E-state index contributed by atoms with van der Waals surface area (Å²) in [4.78, 5) is 12.6. The third-order valence-corrected chi connectivity index (χ3v) is 5.98. The van der Waals surface area contributed by atoms with E-state index in [0.29, 0.717) is 5.69 Å². The number of anilines is 1. The Hall–Kier alpha value is -2.22. The first kappa shape index (κ1) is 18.6. The van der Waals surface area contributed by atoms with Gasteiger partial charge in [0.25, 0.3) is 0 Å². The van der Waals surface area contributed by atoms with Gasteiger partial charge in [-0.2, -0.15) is 4.72 Å². The second kappa shape index (κ2) is 7.57. The summed E-state index contributed by atoms with van der Waals surface area (Å²) < 4.78 is 28.0. The molecule has 0 heterocycles. The first-order valence-electron chi connectivity index (χ1n) is 7.93. The quantitative estimate of drug-likeness (QED) is 0.641. The summed E-state index contributed by atoms with van der Waals surface area (Å²) in [5.41, 5.74) is 0.641. The Kier molecular flexibility index (Phi) is 5.41. The summed E-state index contributed by atoms with van der Waals surface area (Å²) in [6.07, 6.45) is 0. The molecule has 0 bridgehead atoms. The highest BCUT2D eigenvalue weighted by molar-refractivity contribution is 9.10. The van der Waals surface area contributed by atoms with Crippen LogP contribution in [-0.2, 0) is 14.8 Å². The van der Waals surface area contributed by atoms with Gasteiger partial charge in [-0.3, -0.25) is 4.79 Å². The molecule has 0 spiro atoms. The lowest BCUT2D eigenvalue weighted by atomic mass is 10.1. The maximum absolute atomic E-state index is 12.5. The number of rotatable bonds is 5. The minimum atomic E-state index is -3.79. The van der Waals surface area contributed by atoms with Crippen LogP contribution >= 0.6 is 15.9 Å². The monoisotopic (exact) mass is 432 g/mol. The predicted molar refractivity (Wildman–Crippen MR) is 107 cm³/mol. The molecule has 0 saturated carbocycles. The minimum absolute atomic E-state index is 0.102. The van der Waals surface area contributed by atoms with Crippen molar-refractivity contribution in [1.82, 2.24) is 4.72 Å². The molecule has 0 radical (unpaired) electrons. The summed E-state index contributed by atoms with van der Waals surface area (Å²) >= 11 is 3.26. The van der Waals surface area contributed by atoms with Crippen molar-refractivity contribution in [2.45, 2.75) is 17.9 Å². The molecule has 0 aliphatic heterocycles. The van der Waals surface area contributed by atoms with Crippen LogP contribution in [0.5, 0.6) is 0 Å². The standard InChI is InChI=1S/C19H17BrN2O3S/c1-13(22-26(24,25)16-11-9-15(20)10-12-16)19(23)21-18-8-4-6-14-5-2-3-7-17(14)18/h2-13,22H,1H3,(H,21,23). The van der Waals surface area contributed by atoms with Gasteiger partial charge in [-0.05, 0) is 42.6 Å². The SMILES string of the molecule is CC(NS(=O)(=O)c1ccc(Br)cc1)C(=O)Nc1cccc2ccccc12. The predicted octanol–water partition coefficient (Wildman–Crippen LogP) is 3.91. The van der Waals surface area contributed by atoms with Gasteiger partial charge in [0.05, 0.1) is 10.9 Å². The molecular weight excluding hydrogens is 416 g/mol. The maximum Gasteiger partial charge on any atom is 0.242 e. The molecule has 134 valence electrons. The van der Waals surface area contributed by atoms with Crippen molar-refractivity contribution in [2.75, 3.05) is 5.32 Å². The second-order valence-corrected chi connectivity index (χ2v) is 8.44. The van der Waals surface area contributed by atoms with E-state index in [1.54, 1.807) is 18.2 Å². The molecule has 2 N–H and O–H groups in total. The Bertz CT molecular complexity index is 1040. The number of hydrogen-bond acceptors (Lipinski definition) is 3. The number of benzene rings is 3. The summed E-state index contributed by atoms with van der Waals surface area (Å²) in [6, 6.07) is 18.5. The zero-order valence-electron chi connectivity index (χ0n) is 13.9. The maximum atomic E-state index is 12.5. The lowest BCUT2D eigenvalue weighted by molar-refractivity contribution is -0.117. The number of amides is 1. The first-order chi connectivity index (χ1) is 12.4. The lowest BCUT2D eigenvalue weighted by Gasteiger charge is -2.15. The van der Waals surface area contributed by atoms with Gasteiger partial charge in [-0.25, -0.2) is 8.42 Å². The van der Waals surface area contributed by atoms with Gasteiger partial charge in [0, 0.05) is 15.5 Å². The van der Waals surface area contributed by atoms with Crippen molar-refractivity contribution < 1.29 is 13.2 Å². The molecule has 1 atom stereocenters. The van der Waals surface area contributed by atoms with E-state index in [9.17, 15) is 13.2 Å². The van der Waals surface area contributed by atoms with Gasteiger partial charge >= 0.3 is 0 Å². The highest BCUT2D eigenvalue weighted by Gasteiger charge is 2.22. The molecular formula is C19H17BrN2O3S. The third kappa shape index (κ3) is 4.12. The fraction of sp³-hybridized carbons (Fsp3) is 0.105. The van der Waals surface area contributed by atoms with Gasteiger partial charge in [-0.15, -0.1) is 0 Å². The van der Waals surface area contributed by atoms with E-state index in [4.69, 9.17) is 0 Å². The largest absolute Gasteiger partial charge is 0.324 e. The molecule has 7 heteroatoms. The van der Waals surface area contributed by atoms with E-state index in [1.807, 2.05) is 36.4 Å². The molecule has 26 heavy (non-hydrogen) atoms. The minimum Gasteiger partial charge on any atom is -0.324 e. The lowest BCUT2D eigenvalue weighted by Crippen LogP contribution is -2.41. The smallest absolute Gasteiger partial charge is 0.242 e. The molecule has 3 aromatic carbocycles. The molecule has 3 rings (SSSR count). The molecule has 1 amide bonds. The van der Waals surface area contributed by atoms with Crippen LogP contribution in [-0.4, -0.2) is 20.4 Å². The van der Waals surface area contributed by atoms with Crippen LogP contribution < -0.4 is 10.0 Å². The van der Waals surface area contributed by atoms with E-state index in [1.165, 1.54) is 19.1 Å². The normalized spacial score (nSPS) is 12.7. The van der Waals surface area contributed by atoms with Crippen LogP contribution in [0.4, 0.5) is 5.69 Å². The number of carbonyl (C=O) groups excluding carboxylic acids is 1. The number of fused-ring (bicyclic) bond motifs is 1. The second-order valence-electron chi connectivity index (χ2n) is 5.81. The fourth-order valence-electron chi connectivity index (χ4n) is 2.54. The van der Waals surface area contributed by atoms with Gasteiger partial charge in [-0.1, -0.05) is 52.3 Å². The van der Waals surface area contributed by atoms with Crippen molar-refractivity contribution in [3.8, 4) is 0 Å². The van der Waals surface area contributed by atoms with Crippen molar-refractivity contribution >= 4 is 48.3 Å². The Morgan fingerprint density at radius 2 is 1.62 bits per heavy atom. The number of hydrogen-bond donors (Lipinski definition) is 2. The van der Waals surface area contributed by atoms with Crippen LogP contribution in [0.15, 0.2) is 76.1 Å². The molecule has 0 aliphatic rings. The number of sulfonamides is 1. The Balaban J connectivity index is 1.76. The summed E-state index contributed by atoms with van der Waals surface area (Å²) in [5, 5.41) is 4.68. The number of nitrogens with one attached hydrogen (secondary N) is 2. The highest BCUT2D eigenvalue weighted by atomic mass is 79.9. The van der Waals surface area contributed by atoms with Gasteiger partial charge in [0.2, 0.25) is 15.9 Å². The summed E-state index contributed by atoms with van der Waals surface area (Å²) in [6.45, 7) is 1.51. The Labute approximate surface area is 160 Å². The van der Waals surface area contributed by atoms with E-state index in [-0.39, 0.29) is 4.90 Å². The van der Waals surface area contributed by atoms with Gasteiger partial charge in [0.15, 0.2) is 0 Å². The third-order valence-electron chi connectivity index (χ3n) is 3.90. The Morgan fingerprint density at radius 3 is 2.35 bits per heavy atom. The van der Waals surface area contributed by atoms with Crippen LogP contribution in [0.2, 0.25) is 0 Å². The molecule has 5 nitrogen and oxygen atoms in total. The van der Waals surface area contributed by atoms with E-state index < -0.39 is 22.0 Å². The average Bonchev–Trinajstić information content (AvgIpc) is 2.62. The zero-order chi connectivity index (χ0) is 18.7. The van der Waals surface area contributed by atoms with Gasteiger partial charge in [0.1, 0.15) is 0 Å². The highest BCUT2D eigenvalue weighted by Crippen LogP contribution is 2.23. The fourth-order valence-corrected chi connectivity index (χ4v) is 4.01. The molecule has 0 aromatic heterocycles. The summed E-state index contributed by atoms with van der Waals surface area (Å²) in [7, 11) is -3.79.